The maximum atomic E-state index is 10.8. The first-order valence-electron chi connectivity index (χ1n) is 6.70. The van der Waals surface area contributed by atoms with Gasteiger partial charge in [0.2, 0.25) is 0 Å². The van der Waals surface area contributed by atoms with Gasteiger partial charge in [0.15, 0.2) is 0 Å². The lowest BCUT2D eigenvalue weighted by Gasteiger charge is -2.24. The zero-order valence-electron chi connectivity index (χ0n) is 11.7. The molecule has 1 heterocycles. The Balaban J connectivity index is 2.22. The summed E-state index contributed by atoms with van der Waals surface area (Å²) >= 11 is 0. The van der Waals surface area contributed by atoms with Crippen LogP contribution in [0.5, 0.6) is 0 Å². The number of anilines is 1. The second kappa shape index (κ2) is 5.88. The predicted molar refractivity (Wildman–Crippen MR) is 76.7 cm³/mol. The highest BCUT2D eigenvalue weighted by atomic mass is 16.6. The minimum atomic E-state index is -0.470. The van der Waals surface area contributed by atoms with Crippen molar-refractivity contribution in [3.63, 3.8) is 0 Å². The molecule has 0 aliphatic carbocycles. The predicted octanol–water partition coefficient (Wildman–Crippen LogP) is 2.00. The fourth-order valence-corrected chi connectivity index (χ4v) is 2.58. The van der Waals surface area contributed by atoms with Gasteiger partial charge in [-0.05, 0) is 26.1 Å². The highest BCUT2D eigenvalue weighted by molar-refractivity contribution is 5.63. The fourth-order valence-electron chi connectivity index (χ4n) is 2.58. The Morgan fingerprint density at radius 2 is 2.35 bits per heavy atom. The number of nitro groups is 1. The second-order valence-electron chi connectivity index (χ2n) is 5.03. The number of nitrogens with zero attached hydrogens (tertiary/aromatic N) is 4. The van der Waals surface area contributed by atoms with E-state index in [1.807, 2.05) is 0 Å². The molecule has 1 unspecified atom stereocenters. The van der Waals surface area contributed by atoms with Gasteiger partial charge in [-0.15, -0.1) is 0 Å². The summed E-state index contributed by atoms with van der Waals surface area (Å²) in [6.45, 7) is 4.84. The van der Waals surface area contributed by atoms with Crippen LogP contribution < -0.4 is 4.90 Å². The molecule has 1 fully saturated rings. The van der Waals surface area contributed by atoms with Crippen molar-refractivity contribution >= 4 is 11.4 Å². The third kappa shape index (κ3) is 2.73. The molecule has 1 saturated heterocycles. The van der Waals surface area contributed by atoms with Crippen LogP contribution in [-0.2, 0) is 0 Å². The standard InChI is InChI=1S/C14H18N4O2/c1-3-16(2)13-6-7-17(10-13)14-5-4-12(18(19)20)8-11(14)9-15/h4-5,8,13H,3,6-7,10H2,1-2H3. The quantitative estimate of drug-likeness (QED) is 0.620. The number of hydrogen-bond donors (Lipinski definition) is 0. The fraction of sp³-hybridized carbons (Fsp3) is 0.500. The monoisotopic (exact) mass is 274 g/mol. The second-order valence-corrected chi connectivity index (χ2v) is 5.03. The first-order chi connectivity index (χ1) is 9.56. The van der Waals surface area contributed by atoms with E-state index in [4.69, 9.17) is 0 Å². The lowest BCUT2D eigenvalue weighted by Crippen LogP contribution is -2.34. The number of benzene rings is 1. The van der Waals surface area contributed by atoms with Crippen molar-refractivity contribution in [2.24, 2.45) is 0 Å². The summed E-state index contributed by atoms with van der Waals surface area (Å²) in [7, 11) is 2.09. The van der Waals surface area contributed by atoms with Crippen molar-refractivity contribution < 1.29 is 4.92 Å². The Morgan fingerprint density at radius 1 is 1.60 bits per heavy atom. The molecule has 1 aliphatic heterocycles. The molecule has 0 aromatic heterocycles. The van der Waals surface area contributed by atoms with Crippen LogP contribution in [0.2, 0.25) is 0 Å². The Morgan fingerprint density at radius 3 is 2.95 bits per heavy atom. The van der Waals surface area contributed by atoms with Crippen LogP contribution in [-0.4, -0.2) is 42.5 Å². The molecule has 1 aromatic carbocycles. The molecule has 6 heteroatoms. The molecule has 0 radical (unpaired) electrons. The molecule has 1 aromatic rings. The largest absolute Gasteiger partial charge is 0.369 e. The number of hydrogen-bond acceptors (Lipinski definition) is 5. The van der Waals surface area contributed by atoms with Crippen molar-refractivity contribution in [2.75, 3.05) is 31.6 Å². The van der Waals surface area contributed by atoms with Crippen LogP contribution in [0, 0.1) is 21.4 Å². The van der Waals surface area contributed by atoms with Crippen molar-refractivity contribution in [3.8, 4) is 6.07 Å². The topological polar surface area (TPSA) is 73.4 Å². The number of non-ortho nitro benzene ring substituents is 1. The van der Waals surface area contributed by atoms with E-state index in [0.29, 0.717) is 11.6 Å². The zero-order chi connectivity index (χ0) is 14.7. The first kappa shape index (κ1) is 14.3. The summed E-state index contributed by atoms with van der Waals surface area (Å²) in [5.41, 5.74) is 1.14. The number of rotatable bonds is 4. The van der Waals surface area contributed by atoms with Crippen LogP contribution in [0.4, 0.5) is 11.4 Å². The van der Waals surface area contributed by atoms with E-state index in [2.05, 4.69) is 29.8 Å². The van der Waals surface area contributed by atoms with E-state index < -0.39 is 4.92 Å². The van der Waals surface area contributed by atoms with Gasteiger partial charge in [0.1, 0.15) is 6.07 Å². The van der Waals surface area contributed by atoms with Crippen LogP contribution >= 0.6 is 0 Å². The highest BCUT2D eigenvalue weighted by Crippen LogP contribution is 2.28. The molecule has 2 rings (SSSR count). The molecule has 1 atom stereocenters. The van der Waals surface area contributed by atoms with Crippen LogP contribution in [0.25, 0.3) is 0 Å². The lowest BCUT2D eigenvalue weighted by molar-refractivity contribution is -0.384. The summed E-state index contributed by atoms with van der Waals surface area (Å²) in [6.07, 6.45) is 1.05. The molecule has 0 N–H and O–H groups in total. The third-order valence-electron chi connectivity index (χ3n) is 3.94. The van der Waals surface area contributed by atoms with Crippen molar-refractivity contribution in [2.45, 2.75) is 19.4 Å². The molecule has 20 heavy (non-hydrogen) atoms. The minimum Gasteiger partial charge on any atom is -0.369 e. The molecule has 0 bridgehead atoms. The summed E-state index contributed by atoms with van der Waals surface area (Å²) in [6, 6.07) is 7.04. The Hall–Kier alpha value is -2.13. The van der Waals surface area contributed by atoms with Crippen molar-refractivity contribution in [1.29, 1.82) is 5.26 Å². The maximum Gasteiger partial charge on any atom is 0.270 e. The third-order valence-corrected chi connectivity index (χ3v) is 3.94. The highest BCUT2D eigenvalue weighted by Gasteiger charge is 2.27. The number of nitriles is 1. The molecule has 0 spiro atoms. The Labute approximate surface area is 118 Å². The van der Waals surface area contributed by atoms with Crippen LogP contribution in [0.1, 0.15) is 18.9 Å². The normalized spacial score (nSPS) is 18.3. The van der Waals surface area contributed by atoms with Gasteiger partial charge in [0, 0.05) is 31.3 Å². The van der Waals surface area contributed by atoms with E-state index >= 15 is 0 Å². The SMILES string of the molecule is CCN(C)C1CCN(c2ccc([N+](=O)[O-])cc2C#N)C1. The van der Waals surface area contributed by atoms with Gasteiger partial charge in [-0.25, -0.2) is 0 Å². The van der Waals surface area contributed by atoms with Gasteiger partial charge >= 0.3 is 0 Å². The van der Waals surface area contributed by atoms with Crippen LogP contribution in [0.15, 0.2) is 18.2 Å². The Bertz CT molecular complexity index is 553. The average molecular weight is 274 g/mol. The van der Waals surface area contributed by atoms with E-state index in [0.717, 1.165) is 31.7 Å². The van der Waals surface area contributed by atoms with Gasteiger partial charge in [-0.2, -0.15) is 5.26 Å². The van der Waals surface area contributed by atoms with E-state index in [-0.39, 0.29) is 5.69 Å². The first-order valence-corrected chi connectivity index (χ1v) is 6.70. The summed E-state index contributed by atoms with van der Waals surface area (Å²) in [5.74, 6) is 0. The van der Waals surface area contributed by atoms with E-state index in [1.54, 1.807) is 6.07 Å². The summed E-state index contributed by atoms with van der Waals surface area (Å²) < 4.78 is 0. The minimum absolute atomic E-state index is 0.0354. The summed E-state index contributed by atoms with van der Waals surface area (Å²) in [5, 5.41) is 20.0. The van der Waals surface area contributed by atoms with Crippen molar-refractivity contribution in [1.82, 2.24) is 4.90 Å². The molecule has 0 saturated carbocycles. The number of nitro benzene ring substituents is 1. The van der Waals surface area contributed by atoms with Gasteiger partial charge in [-0.1, -0.05) is 6.92 Å². The maximum absolute atomic E-state index is 10.8. The molecule has 6 nitrogen and oxygen atoms in total. The molecule has 106 valence electrons. The molecular formula is C14H18N4O2. The van der Waals surface area contributed by atoms with E-state index in [9.17, 15) is 15.4 Å². The molecule has 0 amide bonds. The van der Waals surface area contributed by atoms with Gasteiger partial charge < -0.3 is 9.80 Å². The smallest absolute Gasteiger partial charge is 0.270 e. The van der Waals surface area contributed by atoms with Crippen molar-refractivity contribution in [3.05, 3.63) is 33.9 Å². The van der Waals surface area contributed by atoms with Gasteiger partial charge in [0.25, 0.3) is 5.69 Å². The van der Waals surface area contributed by atoms with E-state index in [1.165, 1.54) is 12.1 Å². The lowest BCUT2D eigenvalue weighted by atomic mass is 10.1. The molecular weight excluding hydrogens is 256 g/mol. The van der Waals surface area contributed by atoms with Crippen LogP contribution in [0.3, 0.4) is 0 Å². The average Bonchev–Trinajstić information content (AvgIpc) is 2.95. The van der Waals surface area contributed by atoms with Gasteiger partial charge in [-0.3, -0.25) is 10.1 Å². The summed E-state index contributed by atoms with van der Waals surface area (Å²) in [4.78, 5) is 14.7. The number of likely N-dealkylation sites (N-methyl/N-ethyl adjacent to an activating group) is 1. The molecule has 1 aliphatic rings. The zero-order valence-corrected chi connectivity index (χ0v) is 11.7. The Kier molecular flexibility index (Phi) is 4.20. The van der Waals surface area contributed by atoms with Gasteiger partial charge in [0.05, 0.1) is 16.2 Å².